The van der Waals surface area contributed by atoms with Gasteiger partial charge in [-0.15, -0.1) is 11.8 Å². The van der Waals surface area contributed by atoms with E-state index in [-0.39, 0.29) is 23.8 Å². The van der Waals surface area contributed by atoms with Crippen molar-refractivity contribution in [2.75, 3.05) is 6.61 Å². The number of ether oxygens (including phenoxy) is 1. The SMILES string of the molecule is CC1(C)SC2C(NC(=O)COc3ccccc3)C(=O)N2C1C(N)=O. The van der Waals surface area contributed by atoms with E-state index in [2.05, 4.69) is 5.32 Å². The second-order valence-electron chi connectivity index (χ2n) is 6.31. The molecule has 2 fully saturated rings. The fourth-order valence-electron chi connectivity index (χ4n) is 3.09. The Balaban J connectivity index is 1.59. The Bertz CT molecular complexity index is 679. The fraction of sp³-hybridized carbons (Fsp3) is 0.438. The van der Waals surface area contributed by atoms with Crippen LogP contribution in [-0.4, -0.2) is 51.4 Å². The normalized spacial score (nSPS) is 27.2. The van der Waals surface area contributed by atoms with E-state index in [9.17, 15) is 14.4 Å². The minimum Gasteiger partial charge on any atom is -0.484 e. The molecule has 0 saturated carbocycles. The lowest BCUT2D eigenvalue weighted by atomic mass is 9.95. The second kappa shape index (κ2) is 6.01. The molecule has 2 heterocycles. The molecule has 128 valence electrons. The molecular weight excluding hydrogens is 330 g/mol. The molecule has 3 rings (SSSR count). The fourth-order valence-corrected chi connectivity index (χ4v) is 4.73. The molecule has 2 aliphatic rings. The molecule has 8 heteroatoms. The number of thioether (sulfide) groups is 1. The number of fused-ring (bicyclic) bond motifs is 1. The highest BCUT2D eigenvalue weighted by atomic mass is 32.2. The van der Waals surface area contributed by atoms with Crippen LogP contribution in [0.2, 0.25) is 0 Å². The summed E-state index contributed by atoms with van der Waals surface area (Å²) in [5.74, 6) is -0.604. The molecule has 0 aromatic heterocycles. The minimum absolute atomic E-state index is 0.173. The first-order chi connectivity index (χ1) is 11.3. The first-order valence-electron chi connectivity index (χ1n) is 7.58. The number of rotatable bonds is 5. The summed E-state index contributed by atoms with van der Waals surface area (Å²) in [6.45, 7) is 3.57. The molecule has 3 atom stereocenters. The number of primary amides is 1. The van der Waals surface area contributed by atoms with Crippen LogP contribution >= 0.6 is 11.8 Å². The number of nitrogens with two attached hydrogens (primary N) is 1. The van der Waals surface area contributed by atoms with Crippen molar-refractivity contribution in [3.8, 4) is 5.75 Å². The topological polar surface area (TPSA) is 102 Å². The molecule has 2 aliphatic heterocycles. The lowest BCUT2D eigenvalue weighted by Gasteiger charge is -2.43. The van der Waals surface area contributed by atoms with Crippen molar-refractivity contribution < 1.29 is 19.1 Å². The van der Waals surface area contributed by atoms with E-state index in [1.807, 2.05) is 32.0 Å². The smallest absolute Gasteiger partial charge is 0.258 e. The van der Waals surface area contributed by atoms with Gasteiger partial charge >= 0.3 is 0 Å². The molecule has 24 heavy (non-hydrogen) atoms. The Hall–Kier alpha value is -2.22. The Morgan fingerprint density at radius 1 is 1.33 bits per heavy atom. The number of para-hydroxylation sites is 1. The van der Waals surface area contributed by atoms with Gasteiger partial charge in [0.2, 0.25) is 11.8 Å². The number of amides is 3. The van der Waals surface area contributed by atoms with Crippen molar-refractivity contribution in [1.29, 1.82) is 0 Å². The van der Waals surface area contributed by atoms with Crippen molar-refractivity contribution in [2.24, 2.45) is 5.73 Å². The van der Waals surface area contributed by atoms with Crippen LogP contribution in [0.15, 0.2) is 30.3 Å². The van der Waals surface area contributed by atoms with Gasteiger partial charge in [-0.05, 0) is 26.0 Å². The van der Waals surface area contributed by atoms with E-state index in [4.69, 9.17) is 10.5 Å². The zero-order valence-corrected chi connectivity index (χ0v) is 14.2. The number of benzene rings is 1. The Labute approximate surface area is 143 Å². The van der Waals surface area contributed by atoms with Crippen LogP contribution in [0.3, 0.4) is 0 Å². The van der Waals surface area contributed by atoms with E-state index < -0.39 is 22.7 Å². The molecule has 1 aromatic rings. The summed E-state index contributed by atoms with van der Waals surface area (Å²) < 4.78 is 4.89. The van der Waals surface area contributed by atoms with E-state index >= 15 is 0 Å². The molecule has 0 bridgehead atoms. The van der Waals surface area contributed by atoms with Gasteiger partial charge in [0.15, 0.2) is 6.61 Å². The Morgan fingerprint density at radius 3 is 2.62 bits per heavy atom. The standard InChI is InChI=1S/C16H19N3O4S/c1-16(2)12(13(17)21)19-14(22)11(15(19)24-16)18-10(20)8-23-9-6-4-3-5-7-9/h3-7,11-12,15H,8H2,1-2H3,(H2,17,21)(H,18,20). The van der Waals surface area contributed by atoms with Crippen LogP contribution in [0.25, 0.3) is 0 Å². The van der Waals surface area contributed by atoms with E-state index in [1.165, 1.54) is 16.7 Å². The monoisotopic (exact) mass is 349 g/mol. The zero-order valence-electron chi connectivity index (χ0n) is 13.4. The van der Waals surface area contributed by atoms with Crippen molar-refractivity contribution in [3.05, 3.63) is 30.3 Å². The average molecular weight is 349 g/mol. The highest BCUT2D eigenvalue weighted by molar-refractivity contribution is 8.01. The average Bonchev–Trinajstić information content (AvgIpc) is 2.80. The molecule has 0 spiro atoms. The number of carbonyl (C=O) groups excluding carboxylic acids is 3. The Morgan fingerprint density at radius 2 is 2.00 bits per heavy atom. The van der Waals surface area contributed by atoms with Gasteiger partial charge < -0.3 is 20.7 Å². The largest absolute Gasteiger partial charge is 0.484 e. The number of hydrogen-bond acceptors (Lipinski definition) is 5. The van der Waals surface area contributed by atoms with Crippen molar-refractivity contribution in [3.63, 3.8) is 0 Å². The molecule has 3 N–H and O–H groups in total. The number of β-lactam (4-membered cyclic amide) rings is 1. The molecule has 3 unspecified atom stereocenters. The van der Waals surface area contributed by atoms with Crippen LogP contribution < -0.4 is 15.8 Å². The van der Waals surface area contributed by atoms with Crippen molar-refractivity contribution in [1.82, 2.24) is 10.2 Å². The maximum Gasteiger partial charge on any atom is 0.258 e. The van der Waals surface area contributed by atoms with E-state index in [0.717, 1.165) is 0 Å². The van der Waals surface area contributed by atoms with Gasteiger partial charge in [0.05, 0.1) is 0 Å². The summed E-state index contributed by atoms with van der Waals surface area (Å²) in [4.78, 5) is 37.4. The van der Waals surface area contributed by atoms with Gasteiger partial charge in [0, 0.05) is 4.75 Å². The maximum atomic E-state index is 12.3. The molecule has 7 nitrogen and oxygen atoms in total. The molecule has 1 aromatic carbocycles. The highest BCUT2D eigenvalue weighted by Gasteiger charge is 2.63. The zero-order chi connectivity index (χ0) is 17.5. The molecule has 0 radical (unpaired) electrons. The second-order valence-corrected chi connectivity index (χ2v) is 8.08. The maximum absolute atomic E-state index is 12.3. The minimum atomic E-state index is -0.659. The lowest BCUT2D eigenvalue weighted by Crippen LogP contribution is -2.71. The summed E-state index contributed by atoms with van der Waals surface area (Å²) in [5, 5.41) is 2.40. The summed E-state index contributed by atoms with van der Waals surface area (Å²) in [6, 6.07) is 7.65. The van der Waals surface area contributed by atoms with E-state index in [1.54, 1.807) is 12.1 Å². The summed E-state index contributed by atoms with van der Waals surface area (Å²) in [7, 11) is 0. The predicted molar refractivity (Wildman–Crippen MR) is 89.2 cm³/mol. The van der Waals surface area contributed by atoms with Crippen molar-refractivity contribution in [2.45, 2.75) is 36.1 Å². The first kappa shape index (κ1) is 16.6. The third kappa shape index (κ3) is 2.82. The third-order valence-electron chi connectivity index (χ3n) is 4.14. The van der Waals surface area contributed by atoms with Crippen LogP contribution in [-0.2, 0) is 14.4 Å². The quantitative estimate of drug-likeness (QED) is 0.734. The molecule has 3 amide bonds. The van der Waals surface area contributed by atoms with E-state index in [0.29, 0.717) is 5.75 Å². The summed E-state index contributed by atoms with van der Waals surface area (Å²) in [6.07, 6.45) is 0. The molecular formula is C16H19N3O4S. The van der Waals surface area contributed by atoms with Gasteiger partial charge in [0.25, 0.3) is 5.91 Å². The number of carbonyl (C=O) groups is 3. The van der Waals surface area contributed by atoms with Gasteiger partial charge in [-0.3, -0.25) is 14.4 Å². The van der Waals surface area contributed by atoms with Crippen LogP contribution in [0.5, 0.6) is 5.75 Å². The van der Waals surface area contributed by atoms with Crippen LogP contribution in [0.1, 0.15) is 13.8 Å². The number of hydrogen-bond donors (Lipinski definition) is 2. The van der Waals surface area contributed by atoms with Crippen LogP contribution in [0, 0.1) is 0 Å². The first-order valence-corrected chi connectivity index (χ1v) is 8.46. The van der Waals surface area contributed by atoms with Crippen molar-refractivity contribution >= 4 is 29.5 Å². The predicted octanol–water partition coefficient (Wildman–Crippen LogP) is 0.0978. The number of nitrogens with zero attached hydrogens (tertiary/aromatic N) is 1. The summed E-state index contributed by atoms with van der Waals surface area (Å²) in [5.41, 5.74) is 5.43. The van der Waals surface area contributed by atoms with Gasteiger partial charge in [-0.25, -0.2) is 0 Å². The third-order valence-corrected chi connectivity index (χ3v) is 5.71. The lowest BCUT2D eigenvalue weighted by molar-refractivity contribution is -0.154. The molecule has 0 aliphatic carbocycles. The molecule has 2 saturated heterocycles. The van der Waals surface area contributed by atoms with Crippen LogP contribution in [0.4, 0.5) is 0 Å². The highest BCUT2D eigenvalue weighted by Crippen LogP contribution is 2.50. The summed E-state index contributed by atoms with van der Waals surface area (Å²) >= 11 is 1.47. The number of nitrogens with one attached hydrogen (secondary N) is 1. The Kier molecular flexibility index (Phi) is 4.16. The van der Waals surface area contributed by atoms with Gasteiger partial charge in [-0.2, -0.15) is 0 Å². The van der Waals surface area contributed by atoms with Gasteiger partial charge in [-0.1, -0.05) is 18.2 Å². The van der Waals surface area contributed by atoms with Gasteiger partial charge in [0.1, 0.15) is 23.2 Å².